The predicted octanol–water partition coefficient (Wildman–Crippen LogP) is 3.49. The zero-order valence-corrected chi connectivity index (χ0v) is 14.3. The first-order valence-electron chi connectivity index (χ1n) is 7.94. The number of pyridine rings is 1. The van der Waals surface area contributed by atoms with Gasteiger partial charge in [0.15, 0.2) is 5.01 Å². The number of anilines is 1. The Morgan fingerprint density at radius 1 is 1.43 bits per heavy atom. The number of hydrogen-bond acceptors (Lipinski definition) is 5. The Labute approximate surface area is 140 Å². The molecule has 3 heterocycles. The van der Waals surface area contributed by atoms with E-state index in [1.54, 1.807) is 17.3 Å². The van der Waals surface area contributed by atoms with Crippen molar-refractivity contribution < 1.29 is 9.53 Å². The standard InChI is InChI=1S/C17H21N3O2S/c1-12(2)15-11-23-16(19-15)17(21)20(10-14-4-3-9-22-14)13-5-7-18-8-6-13/h5-8,11-12,14H,3-4,9-10H2,1-2H3. The summed E-state index contributed by atoms with van der Waals surface area (Å²) >= 11 is 1.41. The van der Waals surface area contributed by atoms with Gasteiger partial charge in [0.2, 0.25) is 0 Å². The molecule has 0 aromatic carbocycles. The minimum absolute atomic E-state index is 0.0661. The minimum Gasteiger partial charge on any atom is -0.376 e. The predicted molar refractivity (Wildman–Crippen MR) is 91.1 cm³/mol. The van der Waals surface area contributed by atoms with Gasteiger partial charge in [-0.05, 0) is 30.9 Å². The van der Waals surface area contributed by atoms with Crippen LogP contribution in [0.3, 0.4) is 0 Å². The Kier molecular flexibility index (Phi) is 5.03. The summed E-state index contributed by atoms with van der Waals surface area (Å²) in [5, 5.41) is 2.50. The highest BCUT2D eigenvalue weighted by molar-refractivity contribution is 7.11. The van der Waals surface area contributed by atoms with Crippen molar-refractivity contribution in [1.29, 1.82) is 0 Å². The molecule has 6 heteroatoms. The molecule has 122 valence electrons. The molecular formula is C17H21N3O2S. The topological polar surface area (TPSA) is 55.3 Å². The molecule has 0 bridgehead atoms. The van der Waals surface area contributed by atoms with E-state index in [1.165, 1.54) is 11.3 Å². The highest BCUT2D eigenvalue weighted by atomic mass is 32.1. The SMILES string of the molecule is CC(C)c1csc(C(=O)N(CC2CCCO2)c2ccncc2)n1. The summed E-state index contributed by atoms with van der Waals surface area (Å²) in [6.07, 6.45) is 5.54. The molecule has 0 spiro atoms. The lowest BCUT2D eigenvalue weighted by Gasteiger charge is -2.24. The van der Waals surface area contributed by atoms with Crippen molar-refractivity contribution in [2.45, 2.75) is 38.7 Å². The number of ether oxygens (including phenoxy) is 1. The number of carbonyl (C=O) groups is 1. The van der Waals surface area contributed by atoms with Gasteiger partial charge in [-0.3, -0.25) is 9.78 Å². The second-order valence-corrected chi connectivity index (χ2v) is 6.85. The molecule has 1 aliphatic rings. The summed E-state index contributed by atoms with van der Waals surface area (Å²) in [5.41, 5.74) is 1.80. The summed E-state index contributed by atoms with van der Waals surface area (Å²) in [4.78, 5) is 23.3. The second-order valence-electron chi connectivity index (χ2n) is 5.99. The Morgan fingerprint density at radius 3 is 2.83 bits per heavy atom. The maximum absolute atomic E-state index is 13.0. The Morgan fingerprint density at radius 2 is 2.22 bits per heavy atom. The number of thiazole rings is 1. The van der Waals surface area contributed by atoms with Crippen molar-refractivity contribution in [2.24, 2.45) is 0 Å². The summed E-state index contributed by atoms with van der Waals surface area (Å²) in [6, 6.07) is 3.70. The molecule has 1 aliphatic heterocycles. The number of nitrogens with zero attached hydrogens (tertiary/aromatic N) is 3. The van der Waals surface area contributed by atoms with Crippen molar-refractivity contribution in [1.82, 2.24) is 9.97 Å². The van der Waals surface area contributed by atoms with Crippen molar-refractivity contribution in [3.63, 3.8) is 0 Å². The average molecular weight is 331 g/mol. The van der Waals surface area contributed by atoms with Crippen LogP contribution in [0.2, 0.25) is 0 Å². The van der Waals surface area contributed by atoms with Crippen LogP contribution in [-0.2, 0) is 4.74 Å². The molecule has 3 rings (SSSR count). The van der Waals surface area contributed by atoms with Crippen LogP contribution >= 0.6 is 11.3 Å². The molecule has 0 aliphatic carbocycles. The van der Waals surface area contributed by atoms with Crippen LogP contribution in [0.1, 0.15) is 48.1 Å². The van der Waals surface area contributed by atoms with Crippen LogP contribution in [0, 0.1) is 0 Å². The van der Waals surface area contributed by atoms with Crippen LogP contribution in [0.15, 0.2) is 29.9 Å². The molecular weight excluding hydrogens is 310 g/mol. The molecule has 0 saturated carbocycles. The highest BCUT2D eigenvalue weighted by Crippen LogP contribution is 2.24. The molecule has 23 heavy (non-hydrogen) atoms. The maximum atomic E-state index is 13.0. The third-order valence-electron chi connectivity index (χ3n) is 3.93. The third kappa shape index (κ3) is 3.76. The molecule has 0 N–H and O–H groups in total. The van der Waals surface area contributed by atoms with E-state index in [1.807, 2.05) is 17.5 Å². The van der Waals surface area contributed by atoms with Gasteiger partial charge in [0.05, 0.1) is 18.3 Å². The lowest BCUT2D eigenvalue weighted by atomic mass is 10.2. The monoisotopic (exact) mass is 331 g/mol. The van der Waals surface area contributed by atoms with E-state index < -0.39 is 0 Å². The summed E-state index contributed by atoms with van der Waals surface area (Å²) in [7, 11) is 0. The Hall–Kier alpha value is -1.79. The van der Waals surface area contributed by atoms with E-state index in [9.17, 15) is 4.79 Å². The molecule has 2 aromatic heterocycles. The van der Waals surface area contributed by atoms with E-state index in [2.05, 4.69) is 23.8 Å². The fourth-order valence-corrected chi connectivity index (χ4v) is 3.51. The van der Waals surface area contributed by atoms with Crippen LogP contribution in [0.25, 0.3) is 0 Å². The molecule has 1 atom stereocenters. The van der Waals surface area contributed by atoms with Gasteiger partial charge in [-0.15, -0.1) is 11.3 Å². The fourth-order valence-electron chi connectivity index (χ4n) is 2.59. The summed E-state index contributed by atoms with van der Waals surface area (Å²) < 4.78 is 5.71. The normalized spacial score (nSPS) is 17.6. The quantitative estimate of drug-likeness (QED) is 0.841. The molecule has 0 radical (unpaired) electrons. The molecule has 1 fully saturated rings. The zero-order chi connectivity index (χ0) is 16.2. The van der Waals surface area contributed by atoms with Crippen LogP contribution in [0.5, 0.6) is 0 Å². The van der Waals surface area contributed by atoms with E-state index in [0.29, 0.717) is 17.5 Å². The van der Waals surface area contributed by atoms with E-state index in [4.69, 9.17) is 4.74 Å². The van der Waals surface area contributed by atoms with Crippen molar-refractivity contribution in [3.05, 3.63) is 40.6 Å². The maximum Gasteiger partial charge on any atom is 0.287 e. The lowest BCUT2D eigenvalue weighted by molar-refractivity contribution is 0.0917. The Balaban J connectivity index is 1.85. The Bertz CT molecular complexity index is 651. The van der Waals surface area contributed by atoms with Gasteiger partial charge in [0, 0.05) is 30.1 Å². The van der Waals surface area contributed by atoms with Gasteiger partial charge < -0.3 is 9.64 Å². The summed E-state index contributed by atoms with van der Waals surface area (Å²) in [5.74, 6) is 0.254. The van der Waals surface area contributed by atoms with Gasteiger partial charge in [0.25, 0.3) is 5.91 Å². The second kappa shape index (κ2) is 7.19. The van der Waals surface area contributed by atoms with Crippen molar-refractivity contribution in [2.75, 3.05) is 18.1 Å². The van der Waals surface area contributed by atoms with Crippen LogP contribution in [-0.4, -0.2) is 35.1 Å². The zero-order valence-electron chi connectivity index (χ0n) is 13.4. The van der Waals surface area contributed by atoms with E-state index in [-0.39, 0.29) is 12.0 Å². The van der Waals surface area contributed by atoms with Crippen molar-refractivity contribution in [3.8, 4) is 0 Å². The van der Waals surface area contributed by atoms with Crippen molar-refractivity contribution >= 4 is 22.9 Å². The fraction of sp³-hybridized carbons (Fsp3) is 0.471. The lowest BCUT2D eigenvalue weighted by Crippen LogP contribution is -2.37. The van der Waals surface area contributed by atoms with Gasteiger partial charge >= 0.3 is 0 Å². The van der Waals surface area contributed by atoms with E-state index >= 15 is 0 Å². The molecule has 1 saturated heterocycles. The number of aromatic nitrogens is 2. The molecule has 5 nitrogen and oxygen atoms in total. The average Bonchev–Trinajstić information content (AvgIpc) is 3.24. The first-order chi connectivity index (χ1) is 11.1. The van der Waals surface area contributed by atoms with Gasteiger partial charge in [-0.2, -0.15) is 0 Å². The number of hydrogen-bond donors (Lipinski definition) is 0. The van der Waals surface area contributed by atoms with Crippen LogP contribution in [0.4, 0.5) is 5.69 Å². The molecule has 1 amide bonds. The largest absolute Gasteiger partial charge is 0.376 e. The smallest absolute Gasteiger partial charge is 0.287 e. The highest BCUT2D eigenvalue weighted by Gasteiger charge is 2.26. The number of amides is 1. The summed E-state index contributed by atoms with van der Waals surface area (Å²) in [6.45, 7) is 5.49. The first kappa shape index (κ1) is 16.1. The van der Waals surface area contributed by atoms with Gasteiger partial charge in [0.1, 0.15) is 0 Å². The molecule has 1 unspecified atom stereocenters. The van der Waals surface area contributed by atoms with Gasteiger partial charge in [-0.25, -0.2) is 4.98 Å². The van der Waals surface area contributed by atoms with Gasteiger partial charge in [-0.1, -0.05) is 13.8 Å². The third-order valence-corrected chi connectivity index (χ3v) is 4.77. The number of carbonyl (C=O) groups excluding carboxylic acids is 1. The number of rotatable bonds is 5. The van der Waals surface area contributed by atoms with Crippen LogP contribution < -0.4 is 4.90 Å². The minimum atomic E-state index is -0.0661. The van der Waals surface area contributed by atoms with E-state index in [0.717, 1.165) is 30.8 Å². The molecule has 2 aromatic rings. The first-order valence-corrected chi connectivity index (χ1v) is 8.82.